The number of hydrogen-bond donors (Lipinski definition) is 1. The number of phenolic OH excluding ortho intramolecular Hbond substituents is 1. The summed E-state index contributed by atoms with van der Waals surface area (Å²) in [6.07, 6.45) is 0.887. The van der Waals surface area contributed by atoms with Crippen molar-refractivity contribution in [1.82, 2.24) is 4.90 Å². The first-order chi connectivity index (χ1) is 17.4. The van der Waals surface area contributed by atoms with E-state index < -0.39 is 0 Å². The maximum absolute atomic E-state index is 13.6. The predicted octanol–water partition coefficient (Wildman–Crippen LogP) is 7.14. The predicted molar refractivity (Wildman–Crippen MR) is 145 cm³/mol. The zero-order valence-corrected chi connectivity index (χ0v) is 21.5. The zero-order valence-electron chi connectivity index (χ0n) is 20.0. The minimum absolute atomic E-state index is 0.0684. The lowest BCUT2D eigenvalue weighted by molar-refractivity contribution is 0.0755. The first kappa shape index (κ1) is 24.8. The molecular weight excluding hydrogens is 497 g/mol. The largest absolute Gasteiger partial charge is 0.508 e. The Kier molecular flexibility index (Phi) is 7.28. The number of carbonyl (C=O) groups is 1. The lowest BCUT2D eigenvalue weighted by atomic mass is 9.96. The van der Waals surface area contributed by atoms with Gasteiger partial charge in [-0.3, -0.25) is 9.18 Å². The normalized spacial score (nSPS) is 14.2. The Balaban J connectivity index is 1.37. The molecule has 1 aliphatic heterocycles. The van der Waals surface area contributed by atoms with E-state index in [1.54, 1.807) is 30.3 Å². The molecule has 0 spiro atoms. The number of benzene rings is 3. The van der Waals surface area contributed by atoms with Crippen molar-refractivity contribution in [2.45, 2.75) is 13.3 Å². The summed E-state index contributed by atoms with van der Waals surface area (Å²) in [5.41, 5.74) is 3.19. The van der Waals surface area contributed by atoms with E-state index in [4.69, 9.17) is 16.3 Å². The van der Waals surface area contributed by atoms with Gasteiger partial charge in [0, 0.05) is 51.8 Å². The first-order valence-electron chi connectivity index (χ1n) is 12.0. The smallest absolute Gasteiger partial charge is 0.203 e. The number of ether oxygens (including phenoxy) is 1. The average Bonchev–Trinajstić information content (AvgIpc) is 3.21. The molecule has 0 aliphatic carbocycles. The maximum atomic E-state index is 13.6. The number of halogens is 2. The number of carbonyl (C=O) groups excluding carboxylic acids is 1. The molecule has 2 heterocycles. The van der Waals surface area contributed by atoms with Gasteiger partial charge >= 0.3 is 0 Å². The van der Waals surface area contributed by atoms with E-state index >= 15 is 0 Å². The first-order valence-corrected chi connectivity index (χ1v) is 13.2. The molecular formula is C29H27ClFNO3S. The van der Waals surface area contributed by atoms with Crippen LogP contribution in [0.15, 0.2) is 60.7 Å². The summed E-state index contributed by atoms with van der Waals surface area (Å²) in [4.78, 5) is 16.5. The van der Waals surface area contributed by atoms with Gasteiger partial charge < -0.3 is 14.7 Å². The van der Waals surface area contributed by atoms with Crippen LogP contribution in [0.3, 0.4) is 0 Å². The highest BCUT2D eigenvalue weighted by atomic mass is 35.5. The van der Waals surface area contributed by atoms with Crippen LogP contribution >= 0.6 is 22.9 Å². The van der Waals surface area contributed by atoms with Crippen molar-refractivity contribution in [3.05, 3.63) is 81.7 Å². The Morgan fingerprint density at radius 3 is 2.64 bits per heavy atom. The van der Waals surface area contributed by atoms with E-state index in [1.165, 1.54) is 11.3 Å². The van der Waals surface area contributed by atoms with Gasteiger partial charge in [0.25, 0.3) is 0 Å². The van der Waals surface area contributed by atoms with Gasteiger partial charge in [-0.2, -0.15) is 0 Å². The Bertz CT molecular complexity index is 1400. The van der Waals surface area contributed by atoms with E-state index in [1.807, 2.05) is 37.3 Å². The fourth-order valence-electron chi connectivity index (χ4n) is 4.69. The highest BCUT2D eigenvalue weighted by Gasteiger charge is 2.25. The number of hydrogen-bond acceptors (Lipinski definition) is 5. The molecule has 1 fully saturated rings. The molecule has 0 unspecified atom stereocenters. The van der Waals surface area contributed by atoms with Crippen LogP contribution in [0.5, 0.6) is 11.5 Å². The number of alkyl halides is 1. The van der Waals surface area contributed by atoms with Crippen LogP contribution in [-0.4, -0.2) is 48.7 Å². The third-order valence-corrected chi connectivity index (χ3v) is 7.98. The molecule has 3 aromatic carbocycles. The lowest BCUT2D eigenvalue weighted by Crippen LogP contribution is -2.48. The molecule has 4 nitrogen and oxygen atoms in total. The van der Waals surface area contributed by atoms with Crippen molar-refractivity contribution >= 4 is 38.8 Å². The molecule has 0 bridgehead atoms. The second-order valence-electron chi connectivity index (χ2n) is 9.28. The fraction of sp³-hybridized carbons (Fsp3) is 0.276. The van der Waals surface area contributed by atoms with Crippen molar-refractivity contribution in [2.75, 3.05) is 32.9 Å². The number of aromatic hydroxyl groups is 1. The molecule has 36 heavy (non-hydrogen) atoms. The van der Waals surface area contributed by atoms with E-state index in [2.05, 4.69) is 4.90 Å². The SMILES string of the molecule is Cc1cc(Cl)ccc1C(=O)c1sc2cc(O)ccc2c1-c1ccc(OCCCN2CC(CF)C2)cc1. The van der Waals surface area contributed by atoms with E-state index in [0.29, 0.717) is 22.1 Å². The van der Waals surface area contributed by atoms with Crippen LogP contribution in [0, 0.1) is 12.8 Å². The molecule has 0 atom stereocenters. The van der Waals surface area contributed by atoms with Crippen LogP contribution in [-0.2, 0) is 0 Å². The van der Waals surface area contributed by atoms with Crippen molar-refractivity contribution < 1.29 is 19.0 Å². The number of ketones is 1. The van der Waals surface area contributed by atoms with Crippen LogP contribution in [0.2, 0.25) is 5.02 Å². The van der Waals surface area contributed by atoms with Crippen LogP contribution < -0.4 is 4.74 Å². The Hall–Kier alpha value is -2.93. The molecule has 0 amide bonds. The Morgan fingerprint density at radius 2 is 1.92 bits per heavy atom. The molecule has 1 aliphatic rings. The van der Waals surface area contributed by atoms with Gasteiger partial charge in [-0.15, -0.1) is 11.3 Å². The number of aryl methyl sites for hydroxylation is 1. The molecule has 0 radical (unpaired) electrons. The summed E-state index contributed by atoms with van der Waals surface area (Å²) in [5.74, 6) is 1.07. The van der Waals surface area contributed by atoms with Gasteiger partial charge in [-0.25, -0.2) is 0 Å². The Morgan fingerprint density at radius 1 is 1.14 bits per heavy atom. The number of nitrogens with zero attached hydrogens (tertiary/aromatic N) is 1. The zero-order chi connectivity index (χ0) is 25.2. The van der Waals surface area contributed by atoms with Crippen molar-refractivity contribution in [3.8, 4) is 22.6 Å². The minimum atomic E-state index is -0.230. The van der Waals surface area contributed by atoms with Gasteiger partial charge in [0.05, 0.1) is 18.2 Å². The summed E-state index contributed by atoms with van der Waals surface area (Å²) in [7, 11) is 0. The topological polar surface area (TPSA) is 49.8 Å². The second kappa shape index (κ2) is 10.6. The third kappa shape index (κ3) is 5.12. The van der Waals surface area contributed by atoms with Crippen molar-refractivity contribution in [3.63, 3.8) is 0 Å². The molecule has 186 valence electrons. The van der Waals surface area contributed by atoms with Crippen LogP contribution in [0.1, 0.15) is 27.2 Å². The van der Waals surface area contributed by atoms with E-state index in [-0.39, 0.29) is 24.1 Å². The van der Waals surface area contributed by atoms with Gasteiger partial charge in [-0.1, -0.05) is 23.7 Å². The molecule has 1 aromatic heterocycles. The standard InChI is InChI=1S/C29H27ClFNO3S/c1-18-13-21(30)5-9-24(18)28(34)29-27(25-10-6-22(33)14-26(25)36-29)20-3-7-23(8-4-20)35-12-2-11-32-16-19(15-31)17-32/h3-10,13-14,19,33H,2,11-12,15-17H2,1H3. The number of thiophene rings is 1. The van der Waals surface area contributed by atoms with E-state index in [9.17, 15) is 14.3 Å². The molecule has 7 heteroatoms. The van der Waals surface area contributed by atoms with Gasteiger partial charge in [0.2, 0.25) is 5.78 Å². The van der Waals surface area contributed by atoms with Crippen LogP contribution in [0.25, 0.3) is 21.2 Å². The number of fused-ring (bicyclic) bond motifs is 1. The average molecular weight is 524 g/mol. The molecule has 0 saturated carbocycles. The number of likely N-dealkylation sites (tertiary alicyclic amines) is 1. The highest BCUT2D eigenvalue weighted by molar-refractivity contribution is 7.21. The quantitative estimate of drug-likeness (QED) is 0.187. The van der Waals surface area contributed by atoms with Gasteiger partial charge in [0.1, 0.15) is 11.5 Å². The molecule has 1 saturated heterocycles. The van der Waals surface area contributed by atoms with Gasteiger partial charge in [-0.05, 0) is 73.0 Å². The van der Waals surface area contributed by atoms with E-state index in [0.717, 1.165) is 58.6 Å². The van der Waals surface area contributed by atoms with Crippen molar-refractivity contribution in [2.24, 2.45) is 5.92 Å². The fourth-order valence-corrected chi connectivity index (χ4v) is 6.13. The van der Waals surface area contributed by atoms with Gasteiger partial charge in [0.15, 0.2) is 0 Å². The van der Waals surface area contributed by atoms with Crippen LogP contribution in [0.4, 0.5) is 4.39 Å². The summed E-state index contributed by atoms with van der Waals surface area (Å²) >= 11 is 7.49. The lowest BCUT2D eigenvalue weighted by Gasteiger charge is -2.37. The molecule has 1 N–H and O–H groups in total. The molecule has 4 aromatic rings. The summed E-state index contributed by atoms with van der Waals surface area (Å²) in [6, 6.07) is 18.3. The highest BCUT2D eigenvalue weighted by Crippen LogP contribution is 2.42. The molecule has 5 rings (SSSR count). The minimum Gasteiger partial charge on any atom is -0.508 e. The number of rotatable bonds is 9. The third-order valence-electron chi connectivity index (χ3n) is 6.59. The summed E-state index contributed by atoms with van der Waals surface area (Å²) < 4.78 is 19.3. The maximum Gasteiger partial charge on any atom is 0.203 e. The van der Waals surface area contributed by atoms with Crippen molar-refractivity contribution in [1.29, 1.82) is 0 Å². The monoisotopic (exact) mass is 523 g/mol. The summed E-state index contributed by atoms with van der Waals surface area (Å²) in [5, 5.41) is 11.5. The summed E-state index contributed by atoms with van der Waals surface area (Å²) in [6.45, 7) is 4.84. The second-order valence-corrected chi connectivity index (χ2v) is 10.8. The number of phenols is 1. The Labute approximate surface area is 218 Å².